The molecule has 6 aromatic carbocycles. The van der Waals surface area contributed by atoms with Crippen molar-refractivity contribution in [1.29, 1.82) is 0 Å². The van der Waals surface area contributed by atoms with E-state index in [0.717, 1.165) is 22.3 Å². The van der Waals surface area contributed by atoms with E-state index in [1.165, 1.54) is 12.1 Å². The Balaban J connectivity index is 1.48. The minimum absolute atomic E-state index is 0.0258. The maximum atomic E-state index is 8.97. The Kier molecular flexibility index (Phi) is 4.71. The predicted octanol–water partition coefficient (Wildman–Crippen LogP) is 9.64. The average molecular weight is 557 g/mol. The summed E-state index contributed by atoms with van der Waals surface area (Å²) < 4.78 is 54.1. The van der Waals surface area contributed by atoms with Gasteiger partial charge in [-0.15, -0.1) is 0 Å². The molecule has 0 saturated carbocycles. The van der Waals surface area contributed by atoms with E-state index in [9.17, 15) is 0 Å². The molecule has 202 valence electrons. The van der Waals surface area contributed by atoms with Gasteiger partial charge >= 0.3 is 0 Å². The maximum absolute atomic E-state index is 8.97. The number of hydrogen-bond donors (Lipinski definition) is 0. The molecule has 0 aliphatic carbocycles. The van der Waals surface area contributed by atoms with Crippen LogP contribution in [-0.2, 0) is 0 Å². The van der Waals surface area contributed by atoms with Gasteiger partial charge in [-0.3, -0.25) is 0 Å². The van der Waals surface area contributed by atoms with Gasteiger partial charge < -0.3 is 4.57 Å². The summed E-state index contributed by atoms with van der Waals surface area (Å²) in [6.45, 7) is 0. The van der Waals surface area contributed by atoms with Crippen LogP contribution in [0.2, 0.25) is 0 Å². The number of nitrogens with zero attached hydrogens (tertiary/aromatic N) is 4. The standard InChI is InChI=1S/C39H26N4/c1-4-14-27(15-5-1)30-24-31(26-32(25-30)43-35-22-12-10-20-33(35)34-21-11-13-23-36(34)43)39-41-37(28-16-6-2-7-17-28)40-38(42-39)29-18-8-3-9-19-29/h1-26H/i10D,11D,20D,21D,22D,23D. The van der Waals surface area contributed by atoms with Gasteiger partial charge in [-0.25, -0.2) is 15.0 Å². The lowest BCUT2D eigenvalue weighted by Gasteiger charge is -2.14. The van der Waals surface area contributed by atoms with Gasteiger partial charge in [0.15, 0.2) is 17.5 Å². The molecule has 2 aromatic heterocycles. The molecule has 8 rings (SSSR count). The van der Waals surface area contributed by atoms with Crippen LogP contribution in [-0.4, -0.2) is 19.5 Å². The van der Waals surface area contributed by atoms with Crippen molar-refractivity contribution < 1.29 is 8.22 Å². The summed E-state index contributed by atoms with van der Waals surface area (Å²) >= 11 is 0. The smallest absolute Gasteiger partial charge is 0.164 e. The van der Waals surface area contributed by atoms with E-state index in [4.69, 9.17) is 23.2 Å². The third-order valence-electron chi connectivity index (χ3n) is 7.37. The fourth-order valence-electron chi connectivity index (χ4n) is 5.38. The zero-order valence-corrected chi connectivity index (χ0v) is 22.8. The Bertz CT molecular complexity index is 2430. The van der Waals surface area contributed by atoms with Gasteiger partial charge in [0.25, 0.3) is 0 Å². The number of para-hydroxylation sites is 2. The quantitative estimate of drug-likeness (QED) is 0.212. The van der Waals surface area contributed by atoms with E-state index in [0.29, 0.717) is 28.7 Å². The number of benzene rings is 6. The third kappa shape index (κ3) is 4.55. The lowest BCUT2D eigenvalue weighted by molar-refractivity contribution is 1.07. The molecule has 0 aliphatic rings. The van der Waals surface area contributed by atoms with E-state index in [2.05, 4.69) is 0 Å². The first-order valence-corrected chi connectivity index (χ1v) is 13.9. The molecule has 0 spiro atoms. The molecular formula is C39H26N4. The van der Waals surface area contributed by atoms with Crippen LogP contribution in [0, 0.1) is 0 Å². The first kappa shape index (κ1) is 19.3. The number of aromatic nitrogens is 4. The Morgan fingerprint density at radius 1 is 0.419 bits per heavy atom. The van der Waals surface area contributed by atoms with Gasteiger partial charge in [0, 0.05) is 33.2 Å². The van der Waals surface area contributed by atoms with Crippen molar-refractivity contribution in [2.24, 2.45) is 0 Å². The van der Waals surface area contributed by atoms with Gasteiger partial charge in [-0.05, 0) is 41.4 Å². The van der Waals surface area contributed by atoms with E-state index in [-0.39, 0.29) is 58.1 Å². The molecule has 4 nitrogen and oxygen atoms in total. The third-order valence-corrected chi connectivity index (χ3v) is 7.37. The van der Waals surface area contributed by atoms with E-state index >= 15 is 0 Å². The van der Waals surface area contributed by atoms with Crippen molar-refractivity contribution in [3.05, 3.63) is 158 Å². The lowest BCUT2D eigenvalue weighted by Crippen LogP contribution is -2.01. The van der Waals surface area contributed by atoms with Crippen molar-refractivity contribution >= 4 is 21.8 Å². The van der Waals surface area contributed by atoms with Crippen LogP contribution >= 0.6 is 0 Å². The second kappa shape index (κ2) is 10.5. The first-order chi connectivity index (χ1) is 23.8. The van der Waals surface area contributed by atoms with Gasteiger partial charge in [0.2, 0.25) is 0 Å². The second-order valence-corrected chi connectivity index (χ2v) is 10.1. The van der Waals surface area contributed by atoms with Crippen molar-refractivity contribution in [1.82, 2.24) is 19.5 Å². The first-order valence-electron chi connectivity index (χ1n) is 16.9. The summed E-state index contributed by atoms with van der Waals surface area (Å²) in [6.07, 6.45) is 0. The van der Waals surface area contributed by atoms with Crippen LogP contribution in [0.25, 0.3) is 72.8 Å². The molecule has 0 saturated heterocycles. The summed E-state index contributed by atoms with van der Waals surface area (Å²) in [5.74, 6) is 1.41. The molecule has 4 heteroatoms. The van der Waals surface area contributed by atoms with E-state index in [1.54, 1.807) is 4.57 Å². The maximum Gasteiger partial charge on any atom is 0.164 e. The molecular weight excluding hydrogens is 524 g/mol. The number of hydrogen-bond acceptors (Lipinski definition) is 3. The zero-order chi connectivity index (χ0) is 33.8. The minimum Gasteiger partial charge on any atom is -0.309 e. The summed E-state index contributed by atoms with van der Waals surface area (Å²) in [4.78, 5) is 14.7. The molecule has 0 fully saturated rings. The highest BCUT2D eigenvalue weighted by molar-refractivity contribution is 6.09. The van der Waals surface area contributed by atoms with Crippen LogP contribution in [0.1, 0.15) is 8.22 Å². The van der Waals surface area contributed by atoms with Crippen molar-refractivity contribution in [3.8, 4) is 51.0 Å². The highest BCUT2D eigenvalue weighted by Gasteiger charge is 2.17. The van der Waals surface area contributed by atoms with Crippen LogP contribution in [0.3, 0.4) is 0 Å². The monoisotopic (exact) mass is 556 g/mol. The molecule has 0 N–H and O–H groups in total. The molecule has 0 unspecified atom stereocenters. The Hall–Kier alpha value is -5.87. The Morgan fingerprint density at radius 2 is 0.860 bits per heavy atom. The average Bonchev–Trinajstić information content (AvgIpc) is 3.52. The molecule has 0 atom stereocenters. The highest BCUT2D eigenvalue weighted by Crippen LogP contribution is 2.36. The summed E-state index contributed by atoms with van der Waals surface area (Å²) in [6, 6.07) is 36.9. The van der Waals surface area contributed by atoms with Crippen LogP contribution in [0.4, 0.5) is 0 Å². The number of rotatable bonds is 5. The van der Waals surface area contributed by atoms with Crippen LogP contribution in [0.5, 0.6) is 0 Å². The van der Waals surface area contributed by atoms with Crippen molar-refractivity contribution in [2.75, 3.05) is 0 Å². The molecule has 43 heavy (non-hydrogen) atoms. The summed E-state index contributed by atoms with van der Waals surface area (Å²) in [5.41, 5.74) is 5.14. The molecule has 0 amide bonds. The normalized spacial score (nSPS) is 13.2. The number of fused-ring (bicyclic) bond motifs is 3. The van der Waals surface area contributed by atoms with Crippen LogP contribution in [0.15, 0.2) is 158 Å². The summed E-state index contributed by atoms with van der Waals surface area (Å²) in [7, 11) is 0. The highest BCUT2D eigenvalue weighted by atomic mass is 15.0. The molecule has 0 aliphatic heterocycles. The van der Waals surface area contributed by atoms with Crippen LogP contribution < -0.4 is 0 Å². The Labute approximate surface area is 258 Å². The predicted molar refractivity (Wildman–Crippen MR) is 176 cm³/mol. The molecule has 2 heterocycles. The molecule has 8 aromatic rings. The minimum atomic E-state index is -0.163. The van der Waals surface area contributed by atoms with Gasteiger partial charge in [-0.2, -0.15) is 0 Å². The largest absolute Gasteiger partial charge is 0.309 e. The zero-order valence-electron chi connectivity index (χ0n) is 28.8. The fraction of sp³-hybridized carbons (Fsp3) is 0. The van der Waals surface area contributed by atoms with Crippen molar-refractivity contribution in [3.63, 3.8) is 0 Å². The van der Waals surface area contributed by atoms with Gasteiger partial charge in [0.05, 0.1) is 19.3 Å². The van der Waals surface area contributed by atoms with Gasteiger partial charge in [-0.1, -0.05) is 127 Å². The molecule has 0 bridgehead atoms. The van der Waals surface area contributed by atoms with Crippen molar-refractivity contribution in [2.45, 2.75) is 0 Å². The Morgan fingerprint density at radius 3 is 1.37 bits per heavy atom. The van der Waals surface area contributed by atoms with E-state index < -0.39 is 0 Å². The van der Waals surface area contributed by atoms with Gasteiger partial charge in [0.1, 0.15) is 0 Å². The summed E-state index contributed by atoms with van der Waals surface area (Å²) in [5, 5.41) is 0.398. The fourth-order valence-corrected chi connectivity index (χ4v) is 5.38. The van der Waals surface area contributed by atoms with E-state index in [1.807, 2.05) is 109 Å². The molecule has 0 radical (unpaired) electrons. The topological polar surface area (TPSA) is 43.6 Å². The SMILES string of the molecule is [2H]c1cc([2H])c2c(c1[2H])c1c([2H])c([2H])cc([2H])c1n2-c1cc(-c2ccccc2)cc(-c2nc(-c3ccccc3)nc(-c3ccccc3)n2)c1. The lowest BCUT2D eigenvalue weighted by atomic mass is 10.0. The second-order valence-electron chi connectivity index (χ2n) is 10.1.